The Morgan fingerprint density at radius 1 is 0.902 bits per heavy atom. The first-order chi connectivity index (χ1) is 23.9. The van der Waals surface area contributed by atoms with Crippen molar-refractivity contribution in [1.29, 1.82) is 0 Å². The number of amides is 1. The fraction of sp³-hybridized carbons (Fsp3) is 0.721. The number of carbonyl (C=O) groups is 2. The molecular weight excluding hydrogens is 657 g/mol. The molecule has 5 aliphatic carbocycles. The molecule has 0 aromatic heterocycles. The van der Waals surface area contributed by atoms with Gasteiger partial charge < -0.3 is 15.3 Å². The van der Waals surface area contributed by atoms with Crippen LogP contribution in [0.5, 0.6) is 0 Å². The summed E-state index contributed by atoms with van der Waals surface area (Å²) in [7, 11) is -3.02. The summed E-state index contributed by atoms with van der Waals surface area (Å²) < 4.78 is 23.9. The first-order valence-electron chi connectivity index (χ1n) is 19.8. The number of carbonyl (C=O) groups excluding carboxylic acids is 1. The van der Waals surface area contributed by atoms with E-state index in [9.17, 15) is 23.1 Å². The fourth-order valence-corrected chi connectivity index (χ4v) is 15.2. The van der Waals surface area contributed by atoms with Crippen molar-refractivity contribution < 1.29 is 23.1 Å². The van der Waals surface area contributed by atoms with Gasteiger partial charge in [0.25, 0.3) is 0 Å². The molecule has 8 heteroatoms. The molecule has 7 rings (SSSR count). The molecule has 2 N–H and O–H groups in total. The van der Waals surface area contributed by atoms with Gasteiger partial charge in [0.2, 0.25) is 5.91 Å². The van der Waals surface area contributed by atoms with Gasteiger partial charge in [0.1, 0.15) is 0 Å². The largest absolute Gasteiger partial charge is 0.478 e. The summed E-state index contributed by atoms with van der Waals surface area (Å²) in [6, 6.07) is 7.53. The van der Waals surface area contributed by atoms with Crippen molar-refractivity contribution >= 4 is 27.3 Å². The van der Waals surface area contributed by atoms with E-state index in [0.717, 1.165) is 18.5 Å². The SMILES string of the molecule is C=C(C)C1CCC2(CNCC(=O)N3CCS(=O)(=O)CC3)CCC3(C)C(CCC4C5(C)CC=C(c6ccc(C(=O)O)cc6)C(C)(C)C5CCC43C)C12. The molecule has 9 atom stereocenters. The molecule has 1 aliphatic heterocycles. The standard InChI is InChI=1S/C43H62N2O5S/c1-28(2)31-14-19-43(27-44-26-36(46)45-22-24-51(49,50)25-23-45)21-20-41(6)33(37(31)43)12-13-35-40(5)17-15-32(29-8-10-30(11-9-29)38(47)48)39(3,4)34(40)16-18-42(35,41)7/h8-11,15,31,33-35,37,44H,1,12-14,16-27H2,2-7H3,(H,47,48). The number of hydrogen-bond acceptors (Lipinski definition) is 5. The quantitative estimate of drug-likeness (QED) is 0.278. The maximum Gasteiger partial charge on any atom is 0.335 e. The van der Waals surface area contributed by atoms with Gasteiger partial charge in [-0.2, -0.15) is 0 Å². The van der Waals surface area contributed by atoms with Gasteiger partial charge in [0, 0.05) is 19.6 Å². The Morgan fingerprint density at radius 3 is 2.24 bits per heavy atom. The van der Waals surface area contributed by atoms with Crippen LogP contribution in [0.1, 0.15) is 115 Å². The van der Waals surface area contributed by atoms with E-state index in [1.807, 2.05) is 12.1 Å². The van der Waals surface area contributed by atoms with Gasteiger partial charge in [-0.05, 0) is 145 Å². The summed E-state index contributed by atoms with van der Waals surface area (Å²) in [4.78, 5) is 26.4. The Morgan fingerprint density at radius 2 is 1.59 bits per heavy atom. The summed E-state index contributed by atoms with van der Waals surface area (Å²) in [5, 5.41) is 13.1. The van der Waals surface area contributed by atoms with Crippen LogP contribution in [0.15, 0.2) is 42.5 Å². The molecular formula is C43H62N2O5S. The maximum absolute atomic E-state index is 13.2. The van der Waals surface area contributed by atoms with Crippen LogP contribution in [0.2, 0.25) is 0 Å². The lowest BCUT2D eigenvalue weighted by Gasteiger charge is -2.72. The zero-order valence-electron chi connectivity index (χ0n) is 32.0. The third kappa shape index (κ3) is 5.70. The molecule has 6 aliphatic rings. The molecule has 51 heavy (non-hydrogen) atoms. The number of fused-ring (bicyclic) bond motifs is 7. The highest BCUT2D eigenvalue weighted by atomic mass is 32.2. The lowest BCUT2D eigenvalue weighted by atomic mass is 9.32. The molecule has 1 heterocycles. The lowest BCUT2D eigenvalue weighted by Crippen LogP contribution is -2.66. The molecule has 0 bridgehead atoms. The summed E-state index contributed by atoms with van der Waals surface area (Å²) >= 11 is 0. The fourth-order valence-electron chi connectivity index (χ4n) is 14.0. The second kappa shape index (κ2) is 12.6. The van der Waals surface area contributed by atoms with E-state index in [-0.39, 0.29) is 51.0 Å². The van der Waals surface area contributed by atoms with Gasteiger partial charge in [-0.3, -0.25) is 4.79 Å². The summed E-state index contributed by atoms with van der Waals surface area (Å²) in [6.07, 6.45) is 13.3. The molecule has 1 aromatic rings. The highest BCUT2D eigenvalue weighted by molar-refractivity contribution is 7.91. The van der Waals surface area contributed by atoms with Crippen molar-refractivity contribution in [3.63, 3.8) is 0 Å². The zero-order chi connectivity index (χ0) is 36.8. The molecule has 1 aromatic carbocycles. The summed E-state index contributed by atoms with van der Waals surface area (Å²) in [5.41, 5.74) is 5.00. The number of nitrogens with zero attached hydrogens (tertiary/aromatic N) is 1. The van der Waals surface area contributed by atoms with Crippen LogP contribution in [-0.2, 0) is 14.6 Å². The van der Waals surface area contributed by atoms with Gasteiger partial charge in [0.15, 0.2) is 9.84 Å². The minimum atomic E-state index is -3.02. The highest BCUT2D eigenvalue weighted by Crippen LogP contribution is 2.77. The number of sulfone groups is 1. The van der Waals surface area contributed by atoms with Crippen molar-refractivity contribution in [3.8, 4) is 0 Å². The molecule has 0 radical (unpaired) electrons. The number of benzene rings is 1. The molecule has 0 spiro atoms. The smallest absolute Gasteiger partial charge is 0.335 e. The average molecular weight is 719 g/mol. The van der Waals surface area contributed by atoms with Gasteiger partial charge in [-0.25, -0.2) is 13.2 Å². The van der Waals surface area contributed by atoms with Crippen LogP contribution in [-0.4, -0.2) is 68.0 Å². The minimum Gasteiger partial charge on any atom is -0.478 e. The zero-order valence-corrected chi connectivity index (χ0v) is 32.8. The van der Waals surface area contributed by atoms with Crippen molar-refractivity contribution in [2.45, 2.75) is 99.3 Å². The number of carboxylic acid groups (broad SMARTS) is 1. The molecule has 1 amide bonds. The number of hydrogen-bond donors (Lipinski definition) is 2. The molecule has 4 saturated carbocycles. The average Bonchev–Trinajstić information content (AvgIpc) is 3.45. The number of nitrogens with one attached hydrogen (secondary N) is 1. The Kier molecular flexibility index (Phi) is 9.09. The molecule has 280 valence electrons. The third-order valence-electron chi connectivity index (χ3n) is 16.7. The Labute approximate surface area is 307 Å². The predicted molar refractivity (Wildman–Crippen MR) is 204 cm³/mol. The number of allylic oxidation sites excluding steroid dienone is 3. The highest BCUT2D eigenvalue weighted by Gasteiger charge is 2.70. The minimum absolute atomic E-state index is 0.0133. The van der Waals surface area contributed by atoms with Crippen LogP contribution in [0.25, 0.3) is 5.57 Å². The second-order valence-electron chi connectivity index (χ2n) is 19.1. The van der Waals surface area contributed by atoms with Crippen LogP contribution < -0.4 is 5.32 Å². The van der Waals surface area contributed by atoms with Gasteiger partial charge in [-0.1, -0.05) is 65.0 Å². The second-order valence-corrected chi connectivity index (χ2v) is 21.4. The topological polar surface area (TPSA) is 104 Å². The van der Waals surface area contributed by atoms with E-state index in [1.165, 1.54) is 62.5 Å². The molecule has 5 fully saturated rings. The predicted octanol–water partition coefficient (Wildman–Crippen LogP) is 7.88. The Hall–Kier alpha value is -2.45. The van der Waals surface area contributed by atoms with Crippen molar-refractivity contribution in [1.82, 2.24) is 10.2 Å². The van der Waals surface area contributed by atoms with E-state index >= 15 is 0 Å². The van der Waals surface area contributed by atoms with Crippen LogP contribution in [0.4, 0.5) is 0 Å². The lowest BCUT2D eigenvalue weighted by molar-refractivity contribution is -0.225. The van der Waals surface area contributed by atoms with Gasteiger partial charge >= 0.3 is 5.97 Å². The monoisotopic (exact) mass is 718 g/mol. The Bertz CT molecular complexity index is 1720. The summed E-state index contributed by atoms with van der Waals surface area (Å²) in [6.45, 7) is 21.4. The van der Waals surface area contributed by atoms with Gasteiger partial charge in [0.05, 0.1) is 23.6 Å². The Balaban J connectivity index is 1.13. The van der Waals surface area contributed by atoms with E-state index in [0.29, 0.717) is 48.2 Å². The first kappa shape index (κ1) is 36.9. The van der Waals surface area contributed by atoms with Crippen LogP contribution >= 0.6 is 0 Å². The normalized spacial score (nSPS) is 40.9. The van der Waals surface area contributed by atoms with E-state index in [1.54, 1.807) is 17.0 Å². The number of aromatic carboxylic acids is 1. The van der Waals surface area contributed by atoms with E-state index in [4.69, 9.17) is 0 Å². The van der Waals surface area contributed by atoms with Crippen molar-refractivity contribution in [2.24, 2.45) is 56.7 Å². The van der Waals surface area contributed by atoms with Crippen molar-refractivity contribution in [2.75, 3.05) is 37.7 Å². The molecule has 7 nitrogen and oxygen atoms in total. The number of carboxylic acids is 1. The molecule has 9 unspecified atom stereocenters. The number of rotatable bonds is 7. The summed E-state index contributed by atoms with van der Waals surface area (Å²) in [5.74, 6) is 2.17. The first-order valence-corrected chi connectivity index (χ1v) is 21.6. The van der Waals surface area contributed by atoms with Crippen LogP contribution in [0, 0.1) is 56.7 Å². The van der Waals surface area contributed by atoms with E-state index in [2.05, 4.69) is 59.5 Å². The molecule has 1 saturated heterocycles. The van der Waals surface area contributed by atoms with Gasteiger partial charge in [-0.15, -0.1) is 0 Å². The van der Waals surface area contributed by atoms with Crippen LogP contribution in [0.3, 0.4) is 0 Å². The van der Waals surface area contributed by atoms with Crippen molar-refractivity contribution in [3.05, 3.63) is 53.6 Å². The maximum atomic E-state index is 13.2. The van der Waals surface area contributed by atoms with E-state index < -0.39 is 15.8 Å². The third-order valence-corrected chi connectivity index (χ3v) is 18.3.